The zero-order chi connectivity index (χ0) is 13.8. The predicted octanol–water partition coefficient (Wildman–Crippen LogP) is 3.94. The summed E-state index contributed by atoms with van der Waals surface area (Å²) in [5, 5.41) is 4.67. The van der Waals surface area contributed by atoms with Crippen LogP contribution < -0.4 is 5.32 Å². The van der Waals surface area contributed by atoms with Crippen molar-refractivity contribution in [3.05, 3.63) is 33.8 Å². The summed E-state index contributed by atoms with van der Waals surface area (Å²) in [6, 6.07) is 5.91. The lowest BCUT2D eigenvalue weighted by Crippen LogP contribution is -2.49. The van der Waals surface area contributed by atoms with E-state index in [1.54, 1.807) is 13.2 Å². The van der Waals surface area contributed by atoms with Crippen LogP contribution in [0.15, 0.2) is 18.2 Å². The van der Waals surface area contributed by atoms with Crippen molar-refractivity contribution < 1.29 is 4.74 Å². The molecule has 1 atom stereocenters. The molecule has 1 unspecified atom stereocenters. The second-order valence-electron chi connectivity index (χ2n) is 4.83. The zero-order valence-corrected chi connectivity index (χ0v) is 12.9. The van der Waals surface area contributed by atoms with Gasteiger partial charge in [-0.2, -0.15) is 0 Å². The molecule has 2 nitrogen and oxygen atoms in total. The van der Waals surface area contributed by atoms with Gasteiger partial charge < -0.3 is 10.1 Å². The van der Waals surface area contributed by atoms with Crippen LogP contribution in [0.3, 0.4) is 0 Å². The maximum Gasteiger partial charge on any atom is 0.0778 e. The molecule has 0 aromatic heterocycles. The molecule has 0 bridgehead atoms. The molecule has 0 spiro atoms. The van der Waals surface area contributed by atoms with E-state index in [4.69, 9.17) is 27.9 Å². The Morgan fingerprint density at radius 3 is 2.56 bits per heavy atom. The van der Waals surface area contributed by atoms with Gasteiger partial charge in [0.15, 0.2) is 0 Å². The van der Waals surface area contributed by atoms with Crippen LogP contribution in [0.25, 0.3) is 0 Å². The third-order valence-corrected chi connectivity index (χ3v) is 4.13. The Kier molecular flexibility index (Phi) is 5.93. The van der Waals surface area contributed by atoms with E-state index >= 15 is 0 Å². The Labute approximate surface area is 120 Å². The lowest BCUT2D eigenvalue weighted by atomic mass is 9.92. The fraction of sp³-hybridized carbons (Fsp3) is 0.571. The highest BCUT2D eigenvalue weighted by molar-refractivity contribution is 6.42. The van der Waals surface area contributed by atoms with Gasteiger partial charge in [-0.15, -0.1) is 0 Å². The summed E-state index contributed by atoms with van der Waals surface area (Å²) in [4.78, 5) is 0. The first-order valence-corrected chi connectivity index (χ1v) is 6.89. The highest BCUT2D eigenvalue weighted by Crippen LogP contribution is 2.28. The summed E-state index contributed by atoms with van der Waals surface area (Å²) in [6.07, 6.45) is 0.786. The van der Waals surface area contributed by atoms with Crippen molar-refractivity contribution in [1.82, 2.24) is 5.32 Å². The fourth-order valence-corrected chi connectivity index (χ4v) is 2.28. The molecule has 102 valence electrons. The molecule has 4 heteroatoms. The van der Waals surface area contributed by atoms with Crippen molar-refractivity contribution in [2.75, 3.05) is 13.7 Å². The van der Waals surface area contributed by atoms with Crippen molar-refractivity contribution in [1.29, 1.82) is 0 Å². The first kappa shape index (κ1) is 15.8. The number of likely N-dealkylation sites (N-methyl/N-ethyl adjacent to an activating group) is 1. The number of nitrogens with one attached hydrogen (secondary N) is 1. The molecule has 0 aliphatic heterocycles. The minimum Gasteiger partial charge on any atom is -0.377 e. The lowest BCUT2D eigenvalue weighted by Gasteiger charge is -2.34. The van der Waals surface area contributed by atoms with Crippen LogP contribution in [0.1, 0.15) is 26.3 Å². The average molecular weight is 290 g/mol. The largest absolute Gasteiger partial charge is 0.377 e. The van der Waals surface area contributed by atoms with Gasteiger partial charge >= 0.3 is 0 Å². The van der Waals surface area contributed by atoms with Gasteiger partial charge in [0.1, 0.15) is 0 Å². The molecular weight excluding hydrogens is 269 g/mol. The number of methoxy groups -OCH3 is 1. The zero-order valence-electron chi connectivity index (χ0n) is 11.4. The fourth-order valence-electron chi connectivity index (χ4n) is 1.88. The highest BCUT2D eigenvalue weighted by Gasteiger charge is 2.29. The smallest absolute Gasteiger partial charge is 0.0778 e. The van der Waals surface area contributed by atoms with Crippen molar-refractivity contribution in [2.24, 2.45) is 0 Å². The minimum absolute atomic E-state index is 0.184. The third-order valence-electron chi connectivity index (χ3n) is 3.27. The molecular formula is C14H21Cl2NO. The summed E-state index contributed by atoms with van der Waals surface area (Å²) < 4.78 is 5.56. The molecule has 0 heterocycles. The number of hydrogen-bond donors (Lipinski definition) is 1. The monoisotopic (exact) mass is 289 g/mol. The Bertz CT molecular complexity index is 393. The molecule has 0 aliphatic rings. The van der Waals surface area contributed by atoms with E-state index in [1.165, 1.54) is 0 Å². The van der Waals surface area contributed by atoms with E-state index in [9.17, 15) is 0 Å². The number of benzene rings is 1. The standard InChI is InChI=1S/C14H21Cl2NO/c1-5-17-12(14(2,3)18-4)9-10-7-6-8-11(15)13(10)16/h6-8,12,17H,5,9H2,1-4H3. The van der Waals surface area contributed by atoms with Crippen LogP contribution >= 0.6 is 23.2 Å². The van der Waals surface area contributed by atoms with Crippen LogP contribution in [-0.4, -0.2) is 25.3 Å². The van der Waals surface area contributed by atoms with Crippen LogP contribution in [0, 0.1) is 0 Å². The molecule has 0 saturated carbocycles. The summed E-state index contributed by atoms with van der Waals surface area (Å²) in [6.45, 7) is 7.10. The molecule has 1 aromatic carbocycles. The van der Waals surface area contributed by atoms with Crippen LogP contribution in [0.4, 0.5) is 0 Å². The van der Waals surface area contributed by atoms with Crippen LogP contribution in [0.2, 0.25) is 10.0 Å². The lowest BCUT2D eigenvalue weighted by molar-refractivity contribution is -0.00959. The summed E-state index contributed by atoms with van der Waals surface area (Å²) >= 11 is 12.3. The Morgan fingerprint density at radius 2 is 2.00 bits per heavy atom. The quantitative estimate of drug-likeness (QED) is 0.857. The van der Waals surface area contributed by atoms with E-state index in [2.05, 4.69) is 26.1 Å². The highest BCUT2D eigenvalue weighted by atomic mass is 35.5. The third kappa shape index (κ3) is 3.86. The van der Waals surface area contributed by atoms with Crippen LogP contribution in [-0.2, 0) is 11.2 Å². The number of ether oxygens (including phenoxy) is 1. The number of rotatable bonds is 6. The van der Waals surface area contributed by atoms with E-state index in [1.807, 2.05) is 12.1 Å². The van der Waals surface area contributed by atoms with Gasteiger partial charge in [-0.05, 0) is 38.4 Å². The molecule has 0 amide bonds. The molecule has 0 fully saturated rings. The summed E-state index contributed by atoms with van der Waals surface area (Å²) in [7, 11) is 1.73. The maximum atomic E-state index is 6.23. The van der Waals surface area contributed by atoms with Gasteiger partial charge in [-0.25, -0.2) is 0 Å². The number of hydrogen-bond acceptors (Lipinski definition) is 2. The molecule has 0 saturated heterocycles. The average Bonchev–Trinajstić information content (AvgIpc) is 2.34. The van der Waals surface area contributed by atoms with Gasteiger partial charge in [0.2, 0.25) is 0 Å². The summed E-state index contributed by atoms with van der Waals surface area (Å²) in [5.41, 5.74) is 0.780. The second kappa shape index (κ2) is 6.76. The Morgan fingerprint density at radius 1 is 1.33 bits per heavy atom. The number of halogens is 2. The van der Waals surface area contributed by atoms with Gasteiger partial charge in [0, 0.05) is 13.2 Å². The minimum atomic E-state index is -0.262. The van der Waals surface area contributed by atoms with Gasteiger partial charge in [-0.1, -0.05) is 42.3 Å². The Hall–Kier alpha value is -0.280. The normalized spacial score (nSPS) is 13.7. The van der Waals surface area contributed by atoms with Gasteiger partial charge in [0.05, 0.1) is 15.6 Å². The predicted molar refractivity (Wildman–Crippen MR) is 78.7 cm³/mol. The van der Waals surface area contributed by atoms with Gasteiger partial charge in [0.25, 0.3) is 0 Å². The molecule has 18 heavy (non-hydrogen) atoms. The molecule has 0 aliphatic carbocycles. The molecule has 0 radical (unpaired) electrons. The molecule has 1 N–H and O–H groups in total. The Balaban J connectivity index is 2.93. The van der Waals surface area contributed by atoms with Crippen molar-refractivity contribution in [3.8, 4) is 0 Å². The van der Waals surface area contributed by atoms with E-state index < -0.39 is 0 Å². The van der Waals surface area contributed by atoms with E-state index in [-0.39, 0.29) is 11.6 Å². The second-order valence-corrected chi connectivity index (χ2v) is 5.62. The van der Waals surface area contributed by atoms with E-state index in [0.29, 0.717) is 10.0 Å². The maximum absolute atomic E-state index is 6.23. The topological polar surface area (TPSA) is 21.3 Å². The summed E-state index contributed by atoms with van der Waals surface area (Å²) in [5.74, 6) is 0. The SMILES string of the molecule is CCNC(Cc1cccc(Cl)c1Cl)C(C)(C)OC. The molecule has 1 aromatic rings. The van der Waals surface area contributed by atoms with Gasteiger partial charge in [-0.3, -0.25) is 0 Å². The molecule has 1 rings (SSSR count). The van der Waals surface area contributed by atoms with Crippen molar-refractivity contribution in [3.63, 3.8) is 0 Å². The van der Waals surface area contributed by atoms with Crippen molar-refractivity contribution >= 4 is 23.2 Å². The first-order chi connectivity index (χ1) is 8.42. The van der Waals surface area contributed by atoms with Crippen LogP contribution in [0.5, 0.6) is 0 Å². The van der Waals surface area contributed by atoms with Crippen molar-refractivity contribution in [2.45, 2.75) is 38.8 Å². The first-order valence-electron chi connectivity index (χ1n) is 6.13. The van der Waals surface area contributed by atoms with E-state index in [0.717, 1.165) is 18.5 Å².